The maximum atomic E-state index is 14.4. The van der Waals surface area contributed by atoms with E-state index in [0.717, 1.165) is 43.1 Å². The Kier molecular flexibility index (Phi) is 10.6. The molecule has 3 saturated carbocycles. The van der Waals surface area contributed by atoms with Crippen LogP contribution >= 0.6 is 0 Å². The second-order valence-corrected chi connectivity index (χ2v) is 11.9. The Hall–Kier alpha value is -1.72. The molecule has 0 saturated heterocycles. The minimum Gasteiger partial charge on any atom is -0.435 e. The van der Waals surface area contributed by atoms with Crippen LogP contribution in [0.4, 0.5) is 13.2 Å². The molecule has 0 aromatic heterocycles. The van der Waals surface area contributed by atoms with E-state index in [2.05, 4.69) is 11.7 Å². The molecule has 0 radical (unpaired) electrons. The lowest BCUT2D eigenvalue weighted by Crippen LogP contribution is -2.40. The number of unbranched alkanes of at least 4 members (excludes halogenated alkanes) is 4. The zero-order valence-electron chi connectivity index (χ0n) is 22.4. The van der Waals surface area contributed by atoms with E-state index in [-0.39, 0.29) is 23.4 Å². The lowest BCUT2D eigenvalue weighted by atomic mass is 9.59. The molecule has 6 heteroatoms. The normalized spacial score (nSPS) is 30.1. The smallest absolute Gasteiger partial charge is 0.387 e. The van der Waals surface area contributed by atoms with E-state index >= 15 is 0 Å². The summed E-state index contributed by atoms with van der Waals surface area (Å²) < 4.78 is 48.8. The molecular formula is C31H45F3O3. The highest BCUT2D eigenvalue weighted by atomic mass is 19.3. The van der Waals surface area contributed by atoms with E-state index in [9.17, 15) is 18.0 Å². The zero-order chi connectivity index (χ0) is 26.2. The molecule has 1 aromatic rings. The van der Waals surface area contributed by atoms with Crippen LogP contribution in [-0.2, 0) is 4.79 Å². The molecule has 3 aliphatic carbocycles. The van der Waals surface area contributed by atoms with Crippen molar-refractivity contribution >= 4 is 5.97 Å². The van der Waals surface area contributed by atoms with Crippen LogP contribution in [-0.4, -0.2) is 12.6 Å². The predicted molar refractivity (Wildman–Crippen MR) is 139 cm³/mol. The maximum absolute atomic E-state index is 14.4. The number of rotatable bonds is 11. The molecule has 0 heterocycles. The predicted octanol–water partition coefficient (Wildman–Crippen LogP) is 9.33. The molecule has 0 bridgehead atoms. The molecule has 0 aliphatic heterocycles. The lowest BCUT2D eigenvalue weighted by molar-refractivity contribution is -0.144. The number of esters is 1. The van der Waals surface area contributed by atoms with E-state index in [0.29, 0.717) is 11.8 Å². The van der Waals surface area contributed by atoms with Crippen LogP contribution < -0.4 is 9.47 Å². The summed E-state index contributed by atoms with van der Waals surface area (Å²) in [7, 11) is 0. The van der Waals surface area contributed by atoms with Crippen molar-refractivity contribution in [3.63, 3.8) is 0 Å². The van der Waals surface area contributed by atoms with Gasteiger partial charge in [0.2, 0.25) is 0 Å². The summed E-state index contributed by atoms with van der Waals surface area (Å²) in [5.74, 6) is 1.45. The molecule has 0 N–H and O–H groups in total. The Morgan fingerprint density at radius 1 is 0.919 bits per heavy atom. The van der Waals surface area contributed by atoms with Crippen molar-refractivity contribution in [2.75, 3.05) is 0 Å². The standard InChI is InChI=1S/C31H45F3O3/c1-2-3-4-5-6-8-21-11-13-22(14-12-21)23-15-17-26-24(19-23)9-7-10-27(26)30(35)37-29-18-16-25(20-28(29)32)36-31(33)34/h16,18,20-24,26-27,31H,2-15,17,19H2,1H3. The number of fused-ring (bicyclic) bond motifs is 1. The molecule has 208 valence electrons. The summed E-state index contributed by atoms with van der Waals surface area (Å²) >= 11 is 0. The van der Waals surface area contributed by atoms with Crippen LogP contribution in [0.3, 0.4) is 0 Å². The third kappa shape index (κ3) is 7.89. The van der Waals surface area contributed by atoms with Crippen LogP contribution in [0, 0.1) is 41.3 Å². The number of alkyl halides is 2. The van der Waals surface area contributed by atoms with Crippen LogP contribution in [0.15, 0.2) is 18.2 Å². The van der Waals surface area contributed by atoms with Crippen LogP contribution in [0.2, 0.25) is 0 Å². The Balaban J connectivity index is 1.24. The van der Waals surface area contributed by atoms with Gasteiger partial charge in [-0.25, -0.2) is 4.39 Å². The molecule has 37 heavy (non-hydrogen) atoms. The van der Waals surface area contributed by atoms with Gasteiger partial charge in [-0.2, -0.15) is 8.78 Å². The van der Waals surface area contributed by atoms with Gasteiger partial charge in [-0.05, 0) is 80.2 Å². The molecule has 1 aromatic carbocycles. The third-order valence-electron chi connectivity index (χ3n) is 9.60. The quantitative estimate of drug-likeness (QED) is 0.165. The zero-order valence-corrected chi connectivity index (χ0v) is 22.4. The molecule has 3 nitrogen and oxygen atoms in total. The number of halogens is 3. The highest BCUT2D eigenvalue weighted by molar-refractivity contribution is 5.75. The van der Waals surface area contributed by atoms with Crippen molar-refractivity contribution in [1.29, 1.82) is 0 Å². The minimum absolute atomic E-state index is 0.209. The van der Waals surface area contributed by atoms with Gasteiger partial charge in [-0.15, -0.1) is 0 Å². The Morgan fingerprint density at radius 3 is 2.41 bits per heavy atom. The van der Waals surface area contributed by atoms with Crippen molar-refractivity contribution in [3.8, 4) is 11.5 Å². The summed E-state index contributed by atoms with van der Waals surface area (Å²) in [5, 5.41) is 0. The van der Waals surface area contributed by atoms with Gasteiger partial charge in [0.15, 0.2) is 11.6 Å². The summed E-state index contributed by atoms with van der Waals surface area (Å²) in [5.41, 5.74) is 0. The van der Waals surface area contributed by atoms with Gasteiger partial charge in [0.1, 0.15) is 5.75 Å². The number of ether oxygens (including phenoxy) is 2. The number of hydrogen-bond acceptors (Lipinski definition) is 3. The third-order valence-corrected chi connectivity index (χ3v) is 9.60. The SMILES string of the molecule is CCCCCCCC1CCC(C2CCC3C(CCCC3C(=O)Oc3ccc(OC(F)F)cc3F)C2)CC1. The van der Waals surface area contributed by atoms with Crippen molar-refractivity contribution in [2.24, 2.45) is 35.5 Å². The summed E-state index contributed by atoms with van der Waals surface area (Å²) in [6.45, 7) is -0.759. The monoisotopic (exact) mass is 522 g/mol. The second kappa shape index (κ2) is 13.9. The van der Waals surface area contributed by atoms with Crippen molar-refractivity contribution < 1.29 is 27.4 Å². The fourth-order valence-electron chi connectivity index (χ4n) is 7.63. The van der Waals surface area contributed by atoms with Gasteiger partial charge in [-0.1, -0.05) is 71.1 Å². The molecule has 0 amide bonds. The number of hydrogen-bond donors (Lipinski definition) is 0. The Labute approximate surface area is 220 Å². The second-order valence-electron chi connectivity index (χ2n) is 11.9. The van der Waals surface area contributed by atoms with Crippen molar-refractivity contribution in [3.05, 3.63) is 24.0 Å². The first-order chi connectivity index (χ1) is 17.9. The molecule has 0 spiro atoms. The highest BCUT2D eigenvalue weighted by Crippen LogP contribution is 2.50. The first-order valence-electron chi connectivity index (χ1n) is 14.9. The summed E-state index contributed by atoms with van der Waals surface area (Å²) in [6, 6.07) is 3.24. The number of carbonyl (C=O) groups excluding carboxylic acids is 1. The van der Waals surface area contributed by atoms with E-state index in [1.165, 1.54) is 95.6 Å². The maximum Gasteiger partial charge on any atom is 0.387 e. The topological polar surface area (TPSA) is 35.5 Å². The van der Waals surface area contributed by atoms with Gasteiger partial charge in [-0.3, -0.25) is 4.79 Å². The number of carbonyl (C=O) groups is 1. The Morgan fingerprint density at radius 2 is 1.68 bits per heavy atom. The van der Waals surface area contributed by atoms with Gasteiger partial charge >= 0.3 is 12.6 Å². The van der Waals surface area contributed by atoms with Crippen LogP contribution in [0.25, 0.3) is 0 Å². The molecular weight excluding hydrogens is 477 g/mol. The molecule has 4 atom stereocenters. The van der Waals surface area contributed by atoms with E-state index in [4.69, 9.17) is 4.74 Å². The highest BCUT2D eigenvalue weighted by Gasteiger charge is 2.43. The number of benzene rings is 1. The summed E-state index contributed by atoms with van der Waals surface area (Å²) in [4.78, 5) is 13.1. The van der Waals surface area contributed by atoms with Crippen LogP contribution in [0.1, 0.15) is 110 Å². The fourth-order valence-corrected chi connectivity index (χ4v) is 7.63. The Bertz CT molecular complexity index is 852. The first kappa shape index (κ1) is 28.3. The van der Waals surface area contributed by atoms with Crippen molar-refractivity contribution in [2.45, 2.75) is 116 Å². The average Bonchev–Trinajstić information content (AvgIpc) is 2.89. The minimum atomic E-state index is -3.03. The van der Waals surface area contributed by atoms with Gasteiger partial charge < -0.3 is 9.47 Å². The van der Waals surface area contributed by atoms with Crippen molar-refractivity contribution in [1.82, 2.24) is 0 Å². The van der Waals surface area contributed by atoms with Gasteiger partial charge in [0.05, 0.1) is 5.92 Å². The van der Waals surface area contributed by atoms with E-state index in [1.807, 2.05) is 0 Å². The molecule has 3 fully saturated rings. The lowest BCUT2D eigenvalue weighted by Gasteiger charge is -2.46. The first-order valence-corrected chi connectivity index (χ1v) is 14.9. The summed E-state index contributed by atoms with van der Waals surface area (Å²) in [6.07, 6.45) is 20.2. The largest absolute Gasteiger partial charge is 0.435 e. The molecule has 4 rings (SSSR count). The van der Waals surface area contributed by atoms with Gasteiger partial charge in [0, 0.05) is 6.07 Å². The van der Waals surface area contributed by atoms with Gasteiger partial charge in [0.25, 0.3) is 0 Å². The van der Waals surface area contributed by atoms with Crippen LogP contribution in [0.5, 0.6) is 11.5 Å². The molecule has 4 unspecified atom stereocenters. The fraction of sp³-hybridized carbons (Fsp3) is 0.774. The van der Waals surface area contributed by atoms with E-state index < -0.39 is 12.4 Å². The average molecular weight is 523 g/mol. The molecule has 3 aliphatic rings. The van der Waals surface area contributed by atoms with E-state index in [1.54, 1.807) is 0 Å².